The minimum atomic E-state index is 0.0184. The lowest BCUT2D eigenvalue weighted by atomic mass is 9.50. The van der Waals surface area contributed by atoms with Crippen LogP contribution in [0.1, 0.15) is 56.4 Å². The number of hydrogen-bond acceptors (Lipinski definition) is 7. The van der Waals surface area contributed by atoms with Crippen LogP contribution in [0.3, 0.4) is 0 Å². The van der Waals surface area contributed by atoms with Gasteiger partial charge in [0.05, 0.1) is 6.20 Å². The van der Waals surface area contributed by atoms with E-state index in [2.05, 4.69) is 30.4 Å². The summed E-state index contributed by atoms with van der Waals surface area (Å²) in [6.07, 6.45) is 14.9. The second-order valence-corrected chi connectivity index (χ2v) is 10.9. The Morgan fingerprint density at radius 1 is 1.03 bits per heavy atom. The fourth-order valence-electron chi connectivity index (χ4n) is 6.89. The molecule has 0 unspecified atom stereocenters. The van der Waals surface area contributed by atoms with Crippen molar-refractivity contribution in [1.29, 1.82) is 0 Å². The van der Waals surface area contributed by atoms with Crippen molar-refractivity contribution >= 4 is 28.2 Å². The summed E-state index contributed by atoms with van der Waals surface area (Å²) >= 11 is 1.63. The highest BCUT2D eigenvalue weighted by molar-refractivity contribution is 7.15. The summed E-state index contributed by atoms with van der Waals surface area (Å²) in [6.45, 7) is 1.65. The van der Waals surface area contributed by atoms with Gasteiger partial charge in [-0.15, -0.1) is 10.2 Å². The first kappa shape index (κ1) is 18.7. The van der Waals surface area contributed by atoms with Gasteiger partial charge >= 0.3 is 0 Å². The highest BCUT2D eigenvalue weighted by Gasteiger charge is 2.53. The van der Waals surface area contributed by atoms with Crippen molar-refractivity contribution in [3.05, 3.63) is 23.6 Å². The Bertz CT molecular complexity index is 887. The van der Waals surface area contributed by atoms with Gasteiger partial charge < -0.3 is 10.2 Å². The van der Waals surface area contributed by atoms with Crippen LogP contribution in [0.5, 0.6) is 0 Å². The van der Waals surface area contributed by atoms with Crippen LogP contribution in [0.2, 0.25) is 0 Å². The van der Waals surface area contributed by atoms with Crippen molar-refractivity contribution in [1.82, 2.24) is 20.2 Å². The molecule has 1 N–H and O–H groups in total. The first-order valence-electron chi connectivity index (χ1n) is 11.3. The van der Waals surface area contributed by atoms with Crippen LogP contribution >= 0.6 is 11.3 Å². The van der Waals surface area contributed by atoms with Crippen LogP contribution in [0.15, 0.2) is 18.6 Å². The molecule has 0 spiro atoms. The van der Waals surface area contributed by atoms with Gasteiger partial charge in [0, 0.05) is 36.8 Å². The Morgan fingerprint density at radius 3 is 2.37 bits per heavy atom. The Hall–Kier alpha value is -2.09. The molecular formula is C22H28N6OS. The molecule has 7 rings (SSSR count). The van der Waals surface area contributed by atoms with E-state index in [1.165, 1.54) is 43.5 Å². The number of piperidine rings is 1. The summed E-state index contributed by atoms with van der Waals surface area (Å²) < 4.78 is 0. The molecule has 4 bridgehead atoms. The number of carbonyl (C=O) groups is 1. The van der Waals surface area contributed by atoms with Crippen molar-refractivity contribution in [2.24, 2.45) is 23.7 Å². The molecule has 0 radical (unpaired) electrons. The van der Waals surface area contributed by atoms with Gasteiger partial charge in [-0.05, 0) is 69.1 Å². The van der Waals surface area contributed by atoms with E-state index in [-0.39, 0.29) is 17.2 Å². The number of amides is 1. The van der Waals surface area contributed by atoms with Gasteiger partial charge in [0.25, 0.3) is 0 Å². The molecule has 5 aliphatic rings. The quantitative estimate of drug-likeness (QED) is 0.807. The average Bonchev–Trinajstić information content (AvgIpc) is 3.23. The topological polar surface area (TPSA) is 83.9 Å². The smallest absolute Gasteiger partial charge is 0.229 e. The van der Waals surface area contributed by atoms with Gasteiger partial charge in [-0.2, -0.15) is 0 Å². The molecule has 0 atom stereocenters. The molecule has 2 aromatic rings. The Balaban J connectivity index is 1.09. The third-order valence-corrected chi connectivity index (χ3v) is 8.97. The van der Waals surface area contributed by atoms with Gasteiger partial charge in [-0.25, -0.2) is 4.98 Å². The molecule has 4 aliphatic carbocycles. The zero-order valence-corrected chi connectivity index (χ0v) is 18.0. The fourth-order valence-corrected chi connectivity index (χ4v) is 7.86. The number of nitrogens with one attached hydrogen (secondary N) is 1. The normalized spacial score (nSPS) is 33.1. The third kappa shape index (κ3) is 3.29. The van der Waals surface area contributed by atoms with E-state index < -0.39 is 0 Å². The van der Waals surface area contributed by atoms with E-state index in [1.54, 1.807) is 29.9 Å². The lowest BCUT2D eigenvalue weighted by molar-refractivity contribution is -0.120. The van der Waals surface area contributed by atoms with Gasteiger partial charge in [0.2, 0.25) is 11.0 Å². The minimum Gasteiger partial charge on any atom is -0.355 e. The summed E-state index contributed by atoms with van der Waals surface area (Å²) in [7, 11) is 0. The molecule has 3 heterocycles. The Labute approximate surface area is 180 Å². The van der Waals surface area contributed by atoms with Gasteiger partial charge in [-0.3, -0.25) is 9.78 Å². The van der Waals surface area contributed by atoms with Crippen LogP contribution < -0.4 is 10.2 Å². The summed E-state index contributed by atoms with van der Waals surface area (Å²) in [6, 6.07) is 0. The summed E-state index contributed by atoms with van der Waals surface area (Å²) in [4.78, 5) is 23.6. The van der Waals surface area contributed by atoms with E-state index >= 15 is 0 Å². The van der Waals surface area contributed by atoms with Crippen LogP contribution in [0, 0.1) is 23.7 Å². The lowest BCUT2D eigenvalue weighted by Crippen LogP contribution is -2.48. The molecule has 1 saturated heterocycles. The van der Waals surface area contributed by atoms with Gasteiger partial charge in [0.15, 0.2) is 0 Å². The SMILES string of the molecule is O=C(Nc1nnc(C23CC4CC(CC(C4)C2)C3)s1)C1CCN(c2cnccn2)CC1. The van der Waals surface area contributed by atoms with Crippen molar-refractivity contribution in [3.8, 4) is 0 Å². The predicted octanol–water partition coefficient (Wildman–Crippen LogP) is 3.65. The van der Waals surface area contributed by atoms with E-state index in [1.807, 2.05) is 0 Å². The van der Waals surface area contributed by atoms with E-state index in [0.29, 0.717) is 5.13 Å². The standard InChI is InChI=1S/C22H28N6OS/c29-19(17-1-5-28(6-2-17)18-13-23-3-4-24-18)25-21-27-26-20(30-21)22-10-14-7-15(11-22)9-16(8-14)12-22/h3-4,13-17H,1-2,5-12H2,(H,25,27,29). The Kier molecular flexibility index (Phi) is 4.51. The minimum absolute atomic E-state index is 0.0184. The van der Waals surface area contributed by atoms with Crippen molar-refractivity contribution in [2.45, 2.75) is 56.8 Å². The van der Waals surface area contributed by atoms with Gasteiger partial charge in [-0.1, -0.05) is 11.3 Å². The Morgan fingerprint density at radius 2 is 1.73 bits per heavy atom. The third-order valence-electron chi connectivity index (χ3n) is 7.89. The summed E-state index contributed by atoms with van der Waals surface area (Å²) in [5.41, 5.74) is 0.247. The molecule has 1 aliphatic heterocycles. The molecule has 5 fully saturated rings. The summed E-state index contributed by atoms with van der Waals surface area (Å²) in [5, 5.41) is 13.9. The van der Waals surface area contributed by atoms with Crippen molar-refractivity contribution in [2.75, 3.05) is 23.3 Å². The second kappa shape index (κ2) is 7.25. The number of aromatic nitrogens is 4. The molecule has 7 nitrogen and oxygen atoms in total. The monoisotopic (exact) mass is 424 g/mol. The van der Waals surface area contributed by atoms with E-state index in [9.17, 15) is 4.79 Å². The van der Waals surface area contributed by atoms with Crippen LogP contribution in [0.4, 0.5) is 10.9 Å². The number of rotatable bonds is 4. The summed E-state index contributed by atoms with van der Waals surface area (Å²) in [5.74, 6) is 3.65. The van der Waals surface area contributed by atoms with Gasteiger partial charge in [0.1, 0.15) is 10.8 Å². The van der Waals surface area contributed by atoms with E-state index in [0.717, 1.165) is 49.5 Å². The zero-order chi connectivity index (χ0) is 20.1. The largest absolute Gasteiger partial charge is 0.355 e. The maximum Gasteiger partial charge on any atom is 0.229 e. The van der Waals surface area contributed by atoms with Crippen molar-refractivity contribution < 1.29 is 4.79 Å². The second-order valence-electron chi connectivity index (χ2n) is 9.92. The zero-order valence-electron chi connectivity index (χ0n) is 17.2. The molecule has 1 amide bonds. The average molecular weight is 425 g/mol. The van der Waals surface area contributed by atoms with Crippen LogP contribution in [0.25, 0.3) is 0 Å². The molecule has 8 heteroatoms. The lowest BCUT2D eigenvalue weighted by Gasteiger charge is -2.55. The van der Waals surface area contributed by atoms with Crippen LogP contribution in [-0.2, 0) is 10.2 Å². The molecule has 30 heavy (non-hydrogen) atoms. The molecular weight excluding hydrogens is 396 g/mol. The maximum absolute atomic E-state index is 12.8. The number of hydrogen-bond donors (Lipinski definition) is 1. The first-order valence-corrected chi connectivity index (χ1v) is 12.1. The molecule has 158 valence electrons. The molecule has 2 aromatic heterocycles. The predicted molar refractivity (Wildman–Crippen MR) is 115 cm³/mol. The fraction of sp³-hybridized carbons (Fsp3) is 0.682. The number of nitrogens with zero attached hydrogens (tertiary/aromatic N) is 5. The van der Waals surface area contributed by atoms with E-state index in [4.69, 9.17) is 0 Å². The first-order chi connectivity index (χ1) is 14.7. The number of carbonyl (C=O) groups excluding carboxylic acids is 1. The highest BCUT2D eigenvalue weighted by atomic mass is 32.1. The van der Waals surface area contributed by atoms with Crippen LogP contribution in [-0.4, -0.2) is 39.2 Å². The molecule has 0 aromatic carbocycles. The molecule has 4 saturated carbocycles. The highest BCUT2D eigenvalue weighted by Crippen LogP contribution is 2.61. The maximum atomic E-state index is 12.8. The van der Waals surface area contributed by atoms with Crippen molar-refractivity contribution in [3.63, 3.8) is 0 Å². The number of anilines is 2.